The van der Waals surface area contributed by atoms with Crippen molar-refractivity contribution in [2.24, 2.45) is 0 Å². The van der Waals surface area contributed by atoms with E-state index in [1.165, 1.54) is 6.07 Å². The monoisotopic (exact) mass is 370 g/mol. The van der Waals surface area contributed by atoms with Crippen LogP contribution in [0.2, 0.25) is 0 Å². The second-order valence-electron chi connectivity index (χ2n) is 6.60. The van der Waals surface area contributed by atoms with Gasteiger partial charge in [0.15, 0.2) is 0 Å². The molecule has 1 atom stereocenters. The molecule has 0 fully saturated rings. The molecule has 0 aliphatic heterocycles. The first-order chi connectivity index (χ1) is 13.0. The molecule has 0 radical (unpaired) electrons. The van der Waals surface area contributed by atoms with Crippen molar-refractivity contribution in [1.82, 2.24) is 10.2 Å². The van der Waals surface area contributed by atoms with Gasteiger partial charge < -0.3 is 10.2 Å². The highest BCUT2D eigenvalue weighted by Crippen LogP contribution is 2.16. The predicted octanol–water partition coefficient (Wildman–Crippen LogP) is 3.62. The lowest BCUT2D eigenvalue weighted by molar-refractivity contribution is -0.140. The van der Waals surface area contributed by atoms with E-state index in [9.17, 15) is 14.0 Å². The van der Waals surface area contributed by atoms with E-state index in [0.29, 0.717) is 25.1 Å². The molecule has 0 spiro atoms. The predicted molar refractivity (Wildman–Crippen MR) is 105 cm³/mol. The maximum Gasteiger partial charge on any atom is 0.242 e. The van der Waals surface area contributed by atoms with Crippen molar-refractivity contribution in [3.8, 4) is 0 Å². The number of rotatable bonds is 8. The first kappa shape index (κ1) is 20.6. The van der Waals surface area contributed by atoms with Gasteiger partial charge in [0, 0.05) is 13.1 Å². The topological polar surface area (TPSA) is 49.4 Å². The SMILES string of the molecule is CCNC(=O)C(CC)N(Cc1cccc(C)c1)C(=O)Cc1ccccc1F. The molecule has 0 bridgehead atoms. The van der Waals surface area contributed by atoms with E-state index in [4.69, 9.17) is 0 Å². The second-order valence-corrected chi connectivity index (χ2v) is 6.60. The number of aryl methyl sites for hydroxylation is 1. The molecule has 4 nitrogen and oxygen atoms in total. The zero-order chi connectivity index (χ0) is 19.8. The summed E-state index contributed by atoms with van der Waals surface area (Å²) in [7, 11) is 0. The van der Waals surface area contributed by atoms with Crippen molar-refractivity contribution in [2.45, 2.75) is 46.2 Å². The van der Waals surface area contributed by atoms with Crippen LogP contribution in [0.15, 0.2) is 48.5 Å². The smallest absolute Gasteiger partial charge is 0.242 e. The van der Waals surface area contributed by atoms with Crippen LogP contribution in [0.5, 0.6) is 0 Å². The van der Waals surface area contributed by atoms with Crippen LogP contribution < -0.4 is 5.32 Å². The maximum atomic E-state index is 14.0. The van der Waals surface area contributed by atoms with Crippen molar-refractivity contribution < 1.29 is 14.0 Å². The highest BCUT2D eigenvalue weighted by Gasteiger charge is 2.28. The molecule has 2 aromatic rings. The Morgan fingerprint density at radius 1 is 1.11 bits per heavy atom. The van der Waals surface area contributed by atoms with E-state index in [1.54, 1.807) is 23.1 Å². The fourth-order valence-electron chi connectivity index (χ4n) is 3.12. The summed E-state index contributed by atoms with van der Waals surface area (Å²) in [5, 5.41) is 2.80. The van der Waals surface area contributed by atoms with Crippen LogP contribution in [0, 0.1) is 12.7 Å². The fraction of sp³-hybridized carbons (Fsp3) is 0.364. The minimum atomic E-state index is -0.593. The summed E-state index contributed by atoms with van der Waals surface area (Å²) in [4.78, 5) is 27.1. The minimum Gasteiger partial charge on any atom is -0.355 e. The standard InChI is InChI=1S/C22H27FN2O2/c1-4-20(22(27)24-5-2)25(15-17-10-8-9-16(3)13-17)21(26)14-18-11-6-7-12-19(18)23/h6-13,20H,4-5,14-15H2,1-3H3,(H,24,27). The molecule has 0 aliphatic rings. The zero-order valence-corrected chi connectivity index (χ0v) is 16.2. The van der Waals surface area contributed by atoms with Crippen LogP contribution in [-0.2, 0) is 22.6 Å². The summed E-state index contributed by atoms with van der Waals surface area (Å²) >= 11 is 0. The molecule has 0 aromatic heterocycles. The molecule has 144 valence electrons. The van der Waals surface area contributed by atoms with Gasteiger partial charge in [0.25, 0.3) is 0 Å². The van der Waals surface area contributed by atoms with Gasteiger partial charge in [-0.3, -0.25) is 9.59 Å². The number of benzene rings is 2. The molecule has 27 heavy (non-hydrogen) atoms. The normalized spacial score (nSPS) is 11.7. The Morgan fingerprint density at radius 2 is 1.85 bits per heavy atom. The number of nitrogens with one attached hydrogen (secondary N) is 1. The molecule has 2 amide bonds. The Labute approximate surface area is 160 Å². The van der Waals surface area contributed by atoms with Crippen LogP contribution >= 0.6 is 0 Å². The van der Waals surface area contributed by atoms with Crippen molar-refractivity contribution in [1.29, 1.82) is 0 Å². The number of nitrogens with zero attached hydrogens (tertiary/aromatic N) is 1. The van der Waals surface area contributed by atoms with Gasteiger partial charge >= 0.3 is 0 Å². The number of carbonyl (C=O) groups excluding carboxylic acids is 2. The highest BCUT2D eigenvalue weighted by molar-refractivity contribution is 5.88. The second kappa shape index (κ2) is 9.86. The van der Waals surface area contributed by atoms with Crippen molar-refractivity contribution in [3.05, 3.63) is 71.0 Å². The third-order valence-electron chi connectivity index (χ3n) is 4.47. The summed E-state index contributed by atoms with van der Waals surface area (Å²) < 4.78 is 14.0. The number of halogens is 1. The minimum absolute atomic E-state index is 0.0750. The lowest BCUT2D eigenvalue weighted by atomic mass is 10.1. The zero-order valence-electron chi connectivity index (χ0n) is 16.2. The first-order valence-corrected chi connectivity index (χ1v) is 9.32. The largest absolute Gasteiger partial charge is 0.355 e. The van der Waals surface area contributed by atoms with Gasteiger partial charge in [-0.25, -0.2) is 4.39 Å². The summed E-state index contributed by atoms with van der Waals surface area (Å²) in [6, 6.07) is 13.5. The van der Waals surface area contributed by atoms with Gasteiger partial charge in [-0.2, -0.15) is 0 Å². The third kappa shape index (κ3) is 5.64. The maximum absolute atomic E-state index is 14.0. The molecule has 2 aromatic carbocycles. The molecule has 0 heterocycles. The first-order valence-electron chi connectivity index (χ1n) is 9.32. The Kier molecular flexibility index (Phi) is 7.53. The van der Waals surface area contributed by atoms with E-state index in [-0.39, 0.29) is 18.2 Å². The molecule has 2 rings (SSSR count). The van der Waals surface area contributed by atoms with Crippen LogP contribution in [0.3, 0.4) is 0 Å². The van der Waals surface area contributed by atoms with Gasteiger partial charge in [0.2, 0.25) is 11.8 Å². The van der Waals surface area contributed by atoms with Gasteiger partial charge in [-0.15, -0.1) is 0 Å². The average molecular weight is 370 g/mol. The number of hydrogen-bond acceptors (Lipinski definition) is 2. The van der Waals surface area contributed by atoms with Crippen molar-refractivity contribution >= 4 is 11.8 Å². The Morgan fingerprint density at radius 3 is 2.48 bits per heavy atom. The summed E-state index contributed by atoms with van der Waals surface area (Å²) in [5.74, 6) is -0.860. The number of hydrogen-bond donors (Lipinski definition) is 1. The summed E-state index contributed by atoms with van der Waals surface area (Å²) in [6.45, 7) is 6.51. The highest BCUT2D eigenvalue weighted by atomic mass is 19.1. The fourth-order valence-corrected chi connectivity index (χ4v) is 3.12. The average Bonchev–Trinajstić information content (AvgIpc) is 2.63. The van der Waals surface area contributed by atoms with Crippen LogP contribution in [0.25, 0.3) is 0 Å². The van der Waals surface area contributed by atoms with Gasteiger partial charge in [0.1, 0.15) is 11.9 Å². The van der Waals surface area contributed by atoms with Gasteiger partial charge in [-0.1, -0.05) is 55.0 Å². The van der Waals surface area contributed by atoms with Gasteiger partial charge in [-0.05, 0) is 37.5 Å². The molecule has 0 aliphatic carbocycles. The quantitative estimate of drug-likeness (QED) is 0.772. The lowest BCUT2D eigenvalue weighted by Crippen LogP contribution is -2.49. The lowest BCUT2D eigenvalue weighted by Gasteiger charge is -2.30. The number of likely N-dealkylation sites (N-methyl/N-ethyl adjacent to an activating group) is 1. The molecular weight excluding hydrogens is 343 g/mol. The van der Waals surface area contributed by atoms with E-state index in [2.05, 4.69) is 5.32 Å². The number of amides is 2. The van der Waals surface area contributed by atoms with Crippen LogP contribution in [0.1, 0.15) is 37.0 Å². The molecule has 0 saturated carbocycles. The van der Waals surface area contributed by atoms with Crippen LogP contribution in [0.4, 0.5) is 4.39 Å². The molecular formula is C22H27FN2O2. The molecule has 5 heteroatoms. The van der Waals surface area contributed by atoms with E-state index >= 15 is 0 Å². The third-order valence-corrected chi connectivity index (χ3v) is 4.47. The Hall–Kier alpha value is -2.69. The molecule has 1 unspecified atom stereocenters. The summed E-state index contributed by atoms with van der Waals surface area (Å²) in [6.07, 6.45) is 0.412. The number of carbonyl (C=O) groups is 2. The van der Waals surface area contributed by atoms with Crippen molar-refractivity contribution in [2.75, 3.05) is 6.54 Å². The summed E-state index contributed by atoms with van der Waals surface area (Å²) in [5.41, 5.74) is 2.36. The Bertz CT molecular complexity index is 791. The van der Waals surface area contributed by atoms with E-state index < -0.39 is 11.9 Å². The van der Waals surface area contributed by atoms with Gasteiger partial charge in [0.05, 0.1) is 6.42 Å². The van der Waals surface area contributed by atoms with Crippen LogP contribution in [-0.4, -0.2) is 29.3 Å². The Balaban J connectivity index is 2.30. The van der Waals surface area contributed by atoms with E-state index in [0.717, 1.165) is 11.1 Å². The van der Waals surface area contributed by atoms with E-state index in [1.807, 2.05) is 45.0 Å². The molecule has 1 N–H and O–H groups in total. The van der Waals surface area contributed by atoms with Crippen molar-refractivity contribution in [3.63, 3.8) is 0 Å². The molecule has 0 saturated heterocycles.